The average molecular weight is 648 g/mol. The van der Waals surface area contributed by atoms with E-state index in [-0.39, 0.29) is 11.6 Å². The summed E-state index contributed by atoms with van der Waals surface area (Å²) in [6.07, 6.45) is 0.542. The monoisotopic (exact) mass is 647 g/mol. The van der Waals surface area contributed by atoms with Crippen LogP contribution < -0.4 is 19.8 Å². The zero-order valence-corrected chi connectivity index (χ0v) is 28.8. The Morgan fingerprint density at radius 1 is 0.851 bits per heavy atom. The molecule has 242 valence electrons. The number of esters is 1. The van der Waals surface area contributed by atoms with Crippen LogP contribution in [-0.2, 0) is 15.6 Å². The highest BCUT2D eigenvalue weighted by Crippen LogP contribution is 2.42. The Morgan fingerprint density at radius 3 is 2.13 bits per heavy atom. The molecule has 0 amide bonds. The Bertz CT molecular complexity index is 1970. The number of aromatic nitrogens is 1. The Hall–Kier alpha value is -4.79. The van der Waals surface area contributed by atoms with Gasteiger partial charge < -0.3 is 28.0 Å². The van der Waals surface area contributed by atoms with Crippen molar-refractivity contribution in [2.45, 2.75) is 39.2 Å². The molecular formula is C39H41NO6Si. The van der Waals surface area contributed by atoms with Crippen LogP contribution in [0.2, 0.25) is 5.04 Å². The molecule has 1 N–H and O–H groups in total. The highest BCUT2D eigenvalue weighted by Gasteiger charge is 2.50. The summed E-state index contributed by atoms with van der Waals surface area (Å²) in [5.41, 5.74) is 3.58. The van der Waals surface area contributed by atoms with Crippen LogP contribution in [0.3, 0.4) is 0 Å². The standard InChI is InChI=1S/C39H41NO6Si/c1-7-44-38(41)27-23-34(43-6)36-31(37(46-35(36)24-27)33-22-26-18-19-28(42-5)25-32(26)40-33)20-21-45-47(39(2,3)4,29-14-10-8-11-15-29)30-16-12-9-13-17-30/h8-19,22-25,40H,7,20-21H2,1-6H3. The highest BCUT2D eigenvalue weighted by molar-refractivity contribution is 6.99. The molecule has 6 rings (SSSR count). The second-order valence-electron chi connectivity index (χ2n) is 12.6. The zero-order chi connectivity index (χ0) is 33.2. The number of hydrogen-bond donors (Lipinski definition) is 1. The summed E-state index contributed by atoms with van der Waals surface area (Å²) in [4.78, 5) is 16.3. The van der Waals surface area contributed by atoms with Gasteiger partial charge in [-0.1, -0.05) is 81.4 Å². The van der Waals surface area contributed by atoms with Gasteiger partial charge in [0.15, 0.2) is 5.76 Å². The summed E-state index contributed by atoms with van der Waals surface area (Å²) in [7, 11) is 0.476. The quantitative estimate of drug-likeness (QED) is 0.114. The number of nitrogens with one attached hydrogen (secondary N) is 1. The molecule has 0 radical (unpaired) electrons. The maximum Gasteiger partial charge on any atom is 0.338 e. The van der Waals surface area contributed by atoms with Crippen LogP contribution >= 0.6 is 0 Å². The SMILES string of the molecule is CCOC(=O)c1cc(OC)c2c(CCO[Si](c3ccccc3)(c3ccccc3)C(C)(C)C)c(-c3cc4ccc(OC)cc4[nH]3)oc2c1. The van der Waals surface area contributed by atoms with Crippen molar-refractivity contribution >= 4 is 46.5 Å². The van der Waals surface area contributed by atoms with Gasteiger partial charge in [0.05, 0.1) is 37.5 Å². The predicted octanol–water partition coefficient (Wildman–Crippen LogP) is 7.89. The molecule has 4 aromatic carbocycles. The van der Waals surface area contributed by atoms with Crippen LogP contribution in [0.15, 0.2) is 101 Å². The fourth-order valence-corrected chi connectivity index (χ4v) is 11.2. The molecule has 0 unspecified atom stereocenters. The molecular weight excluding hydrogens is 607 g/mol. The summed E-state index contributed by atoms with van der Waals surface area (Å²) < 4.78 is 30.6. The first-order valence-corrected chi connectivity index (χ1v) is 17.8. The molecule has 0 spiro atoms. The molecule has 0 atom stereocenters. The largest absolute Gasteiger partial charge is 0.497 e. The molecule has 2 heterocycles. The number of methoxy groups -OCH3 is 2. The first-order valence-electron chi connectivity index (χ1n) is 15.9. The minimum atomic E-state index is -2.78. The number of H-pyrrole nitrogens is 1. The fraction of sp³-hybridized carbons (Fsp3) is 0.256. The van der Waals surface area contributed by atoms with Crippen molar-refractivity contribution in [2.75, 3.05) is 27.4 Å². The van der Waals surface area contributed by atoms with E-state index in [4.69, 9.17) is 23.1 Å². The lowest BCUT2D eigenvalue weighted by molar-refractivity contribution is 0.0526. The number of hydrogen-bond acceptors (Lipinski definition) is 6. The van der Waals surface area contributed by atoms with E-state index in [1.54, 1.807) is 33.3 Å². The first-order chi connectivity index (χ1) is 22.7. The van der Waals surface area contributed by atoms with Gasteiger partial charge in [0, 0.05) is 29.1 Å². The number of carbonyl (C=O) groups excluding carboxylic acids is 1. The normalized spacial score (nSPS) is 12.0. The van der Waals surface area contributed by atoms with E-state index in [1.165, 1.54) is 10.4 Å². The van der Waals surface area contributed by atoms with Crippen LogP contribution in [0.1, 0.15) is 43.6 Å². The van der Waals surface area contributed by atoms with E-state index >= 15 is 0 Å². The molecule has 0 aliphatic rings. The van der Waals surface area contributed by atoms with Gasteiger partial charge in [0.2, 0.25) is 0 Å². The molecule has 0 saturated heterocycles. The Labute approximate surface area is 276 Å². The van der Waals surface area contributed by atoms with Crippen molar-refractivity contribution in [1.29, 1.82) is 0 Å². The van der Waals surface area contributed by atoms with E-state index in [9.17, 15) is 4.79 Å². The zero-order valence-electron chi connectivity index (χ0n) is 27.8. The molecule has 0 bridgehead atoms. The minimum Gasteiger partial charge on any atom is -0.497 e. The molecule has 0 aliphatic heterocycles. The fourth-order valence-electron chi connectivity index (χ4n) is 6.63. The van der Waals surface area contributed by atoms with Gasteiger partial charge >= 0.3 is 5.97 Å². The number of rotatable bonds is 11. The number of aromatic amines is 1. The van der Waals surface area contributed by atoms with Gasteiger partial charge in [-0.3, -0.25) is 0 Å². The summed E-state index contributed by atoms with van der Waals surface area (Å²) in [5.74, 6) is 1.54. The lowest BCUT2D eigenvalue weighted by Crippen LogP contribution is -2.66. The van der Waals surface area contributed by atoms with Crippen molar-refractivity contribution in [2.24, 2.45) is 0 Å². The second kappa shape index (κ2) is 13.1. The summed E-state index contributed by atoms with van der Waals surface area (Å²) in [6.45, 7) is 9.31. The summed E-state index contributed by atoms with van der Waals surface area (Å²) >= 11 is 0. The maximum atomic E-state index is 12.8. The molecule has 8 heteroatoms. The molecule has 6 aromatic rings. The third-order valence-electron chi connectivity index (χ3n) is 8.75. The summed E-state index contributed by atoms with van der Waals surface area (Å²) in [5, 5.41) is 4.10. The minimum absolute atomic E-state index is 0.167. The molecule has 0 fully saturated rings. The van der Waals surface area contributed by atoms with Crippen LogP contribution in [0.25, 0.3) is 33.3 Å². The maximum absolute atomic E-state index is 12.8. The number of ether oxygens (including phenoxy) is 3. The van der Waals surface area contributed by atoms with E-state index in [0.717, 1.165) is 33.3 Å². The number of benzene rings is 4. The van der Waals surface area contributed by atoms with Crippen molar-refractivity contribution in [3.63, 3.8) is 0 Å². The smallest absolute Gasteiger partial charge is 0.338 e. The van der Waals surface area contributed by atoms with Gasteiger partial charge in [0.1, 0.15) is 17.1 Å². The lowest BCUT2D eigenvalue weighted by atomic mass is 10.0. The van der Waals surface area contributed by atoms with Crippen molar-refractivity contribution < 1.29 is 27.8 Å². The van der Waals surface area contributed by atoms with E-state index < -0.39 is 14.3 Å². The molecule has 0 aliphatic carbocycles. The van der Waals surface area contributed by atoms with Gasteiger partial charge in [0.25, 0.3) is 8.32 Å². The lowest BCUT2D eigenvalue weighted by Gasteiger charge is -2.43. The third-order valence-corrected chi connectivity index (χ3v) is 13.8. The highest BCUT2D eigenvalue weighted by atomic mass is 28.4. The first kappa shape index (κ1) is 32.2. The number of carbonyl (C=O) groups is 1. The van der Waals surface area contributed by atoms with E-state index in [0.29, 0.717) is 35.7 Å². The molecule has 47 heavy (non-hydrogen) atoms. The number of furan rings is 1. The predicted molar refractivity (Wildman–Crippen MR) is 190 cm³/mol. The van der Waals surface area contributed by atoms with Gasteiger partial charge in [-0.05, 0) is 59.1 Å². The second-order valence-corrected chi connectivity index (χ2v) is 16.9. The third kappa shape index (κ3) is 5.95. The van der Waals surface area contributed by atoms with E-state index in [1.807, 2.05) is 30.3 Å². The van der Waals surface area contributed by atoms with Crippen molar-refractivity contribution in [3.8, 4) is 23.0 Å². The van der Waals surface area contributed by atoms with Crippen LogP contribution in [0.5, 0.6) is 11.5 Å². The Morgan fingerprint density at radius 2 is 1.53 bits per heavy atom. The van der Waals surface area contributed by atoms with E-state index in [2.05, 4.69) is 80.4 Å². The molecule has 7 nitrogen and oxygen atoms in total. The van der Waals surface area contributed by atoms with Crippen molar-refractivity contribution in [1.82, 2.24) is 4.98 Å². The topological polar surface area (TPSA) is 82.9 Å². The average Bonchev–Trinajstić information content (AvgIpc) is 3.67. The van der Waals surface area contributed by atoms with Gasteiger partial charge in [-0.2, -0.15) is 0 Å². The number of fused-ring (bicyclic) bond motifs is 2. The summed E-state index contributed by atoms with van der Waals surface area (Å²) in [6, 6.07) is 32.7. The molecule has 2 aromatic heterocycles. The molecule has 0 saturated carbocycles. The Kier molecular flexibility index (Phi) is 8.99. The van der Waals surface area contributed by atoms with Crippen LogP contribution in [0, 0.1) is 0 Å². The van der Waals surface area contributed by atoms with Crippen molar-refractivity contribution in [3.05, 3.63) is 108 Å². The van der Waals surface area contributed by atoms with Crippen LogP contribution in [-0.4, -0.2) is 46.7 Å². The van der Waals surface area contributed by atoms with Crippen LogP contribution in [0.4, 0.5) is 0 Å². The Balaban J connectivity index is 1.49. The van der Waals surface area contributed by atoms with Gasteiger partial charge in [-0.15, -0.1) is 0 Å². The van der Waals surface area contributed by atoms with Gasteiger partial charge in [-0.25, -0.2) is 4.79 Å².